The molecule has 1 heterocycles. The Morgan fingerprint density at radius 1 is 1.38 bits per heavy atom. The zero-order valence-electron chi connectivity index (χ0n) is 11.6. The Morgan fingerprint density at radius 2 is 2.10 bits per heavy atom. The zero-order valence-corrected chi connectivity index (χ0v) is 11.6. The first-order chi connectivity index (χ1) is 10.1. The summed E-state index contributed by atoms with van der Waals surface area (Å²) in [6.07, 6.45) is 6.72. The van der Waals surface area contributed by atoms with Crippen molar-refractivity contribution in [3.63, 3.8) is 0 Å². The molecule has 0 aliphatic rings. The van der Waals surface area contributed by atoms with Gasteiger partial charge in [-0.05, 0) is 42.8 Å². The van der Waals surface area contributed by atoms with Gasteiger partial charge < -0.3 is 15.8 Å². The number of esters is 1. The lowest BCUT2D eigenvalue weighted by molar-refractivity contribution is 0.0557. The van der Waals surface area contributed by atoms with E-state index in [1.807, 2.05) is 13.0 Å². The maximum absolute atomic E-state index is 11.6. The fourth-order valence-corrected chi connectivity index (χ4v) is 1.69. The highest BCUT2D eigenvalue weighted by molar-refractivity contribution is 5.90. The molecule has 0 spiro atoms. The number of nitrogens with one attached hydrogen (secondary N) is 1. The van der Waals surface area contributed by atoms with E-state index in [0.717, 1.165) is 11.3 Å². The van der Waals surface area contributed by atoms with Crippen LogP contribution in [0.4, 0.5) is 17.2 Å². The minimum absolute atomic E-state index is 0.0391. The van der Waals surface area contributed by atoms with E-state index in [4.69, 9.17) is 16.9 Å². The molecule has 0 saturated carbocycles. The lowest BCUT2D eigenvalue weighted by Gasteiger charge is -2.10. The summed E-state index contributed by atoms with van der Waals surface area (Å²) in [5.41, 5.74) is 8.69. The summed E-state index contributed by atoms with van der Waals surface area (Å²) in [6.45, 7) is 1.87. The number of hydrogen-bond acceptors (Lipinski definition) is 5. The molecule has 1 aromatic heterocycles. The lowest BCUT2D eigenvalue weighted by atomic mass is 10.2. The molecule has 106 valence electrons. The molecular formula is C16H15N3O2. The van der Waals surface area contributed by atoms with Gasteiger partial charge in [0.25, 0.3) is 0 Å². The molecular weight excluding hydrogens is 266 g/mol. The number of nitrogen functional groups attached to an aromatic ring is 1. The molecule has 2 rings (SSSR count). The maximum Gasteiger partial charge on any atom is 0.339 e. The van der Waals surface area contributed by atoms with Crippen LogP contribution in [0.1, 0.15) is 15.9 Å². The monoisotopic (exact) mass is 281 g/mol. The number of terminal acetylenes is 1. The Morgan fingerprint density at radius 3 is 2.76 bits per heavy atom. The summed E-state index contributed by atoms with van der Waals surface area (Å²) in [5, 5.41) is 3.10. The molecule has 0 atom stereocenters. The third kappa shape index (κ3) is 3.51. The molecule has 0 aliphatic carbocycles. The molecule has 21 heavy (non-hydrogen) atoms. The van der Waals surface area contributed by atoms with E-state index in [-0.39, 0.29) is 6.61 Å². The molecule has 0 aliphatic heterocycles. The normalized spacial score (nSPS) is 9.71. The Hall–Kier alpha value is -3.00. The van der Waals surface area contributed by atoms with Crippen LogP contribution in [-0.4, -0.2) is 17.6 Å². The van der Waals surface area contributed by atoms with Crippen LogP contribution in [-0.2, 0) is 4.74 Å². The summed E-state index contributed by atoms with van der Waals surface area (Å²) in [4.78, 5) is 15.8. The Balaban J connectivity index is 2.11. The first-order valence-corrected chi connectivity index (χ1v) is 6.30. The van der Waals surface area contributed by atoms with Crippen molar-refractivity contribution in [2.45, 2.75) is 6.92 Å². The molecule has 5 nitrogen and oxygen atoms in total. The minimum atomic E-state index is -0.451. The SMILES string of the molecule is C#CCOC(=O)c1ccc(Nc2nccc(C)c2N)cc1. The minimum Gasteiger partial charge on any atom is -0.449 e. The number of aryl methyl sites for hydroxylation is 1. The quantitative estimate of drug-likeness (QED) is 0.665. The summed E-state index contributed by atoms with van der Waals surface area (Å²) in [5.74, 6) is 2.38. The van der Waals surface area contributed by atoms with Crippen LogP contribution >= 0.6 is 0 Å². The van der Waals surface area contributed by atoms with E-state index >= 15 is 0 Å². The number of nitrogens with zero attached hydrogens (tertiary/aromatic N) is 1. The van der Waals surface area contributed by atoms with Crippen LogP contribution in [0.3, 0.4) is 0 Å². The van der Waals surface area contributed by atoms with Crippen molar-refractivity contribution in [2.75, 3.05) is 17.7 Å². The molecule has 0 saturated heterocycles. The van der Waals surface area contributed by atoms with E-state index in [0.29, 0.717) is 17.1 Å². The van der Waals surface area contributed by atoms with Gasteiger partial charge in [0.15, 0.2) is 12.4 Å². The van der Waals surface area contributed by atoms with Crippen molar-refractivity contribution in [3.8, 4) is 12.3 Å². The molecule has 1 aromatic carbocycles. The van der Waals surface area contributed by atoms with Gasteiger partial charge in [-0.15, -0.1) is 6.42 Å². The van der Waals surface area contributed by atoms with Gasteiger partial charge in [-0.1, -0.05) is 5.92 Å². The number of ether oxygens (including phenoxy) is 1. The van der Waals surface area contributed by atoms with Crippen molar-refractivity contribution in [3.05, 3.63) is 47.7 Å². The van der Waals surface area contributed by atoms with Crippen LogP contribution in [0.15, 0.2) is 36.5 Å². The lowest BCUT2D eigenvalue weighted by Crippen LogP contribution is -2.05. The fraction of sp³-hybridized carbons (Fsp3) is 0.125. The second-order valence-electron chi connectivity index (χ2n) is 4.37. The van der Waals surface area contributed by atoms with E-state index in [1.165, 1.54) is 0 Å². The number of carbonyl (C=O) groups excluding carboxylic acids is 1. The van der Waals surface area contributed by atoms with Crippen LogP contribution in [0.5, 0.6) is 0 Å². The van der Waals surface area contributed by atoms with Gasteiger partial charge >= 0.3 is 5.97 Å². The molecule has 3 N–H and O–H groups in total. The van der Waals surface area contributed by atoms with Gasteiger partial charge in [0, 0.05) is 11.9 Å². The van der Waals surface area contributed by atoms with Gasteiger partial charge in [0.05, 0.1) is 11.3 Å². The topological polar surface area (TPSA) is 77.2 Å². The van der Waals surface area contributed by atoms with Gasteiger partial charge in [-0.2, -0.15) is 0 Å². The Kier molecular flexibility index (Phi) is 4.42. The number of hydrogen-bond donors (Lipinski definition) is 2. The van der Waals surface area contributed by atoms with E-state index in [2.05, 4.69) is 16.2 Å². The number of aromatic nitrogens is 1. The van der Waals surface area contributed by atoms with E-state index in [9.17, 15) is 4.79 Å². The van der Waals surface area contributed by atoms with Gasteiger partial charge in [-0.25, -0.2) is 9.78 Å². The number of nitrogens with two attached hydrogens (primary N) is 1. The molecule has 2 aromatic rings. The number of carbonyl (C=O) groups is 1. The van der Waals surface area contributed by atoms with Crippen molar-refractivity contribution in [1.82, 2.24) is 4.98 Å². The van der Waals surface area contributed by atoms with Crippen LogP contribution in [0.2, 0.25) is 0 Å². The molecule has 5 heteroatoms. The van der Waals surface area contributed by atoms with Gasteiger partial charge in [-0.3, -0.25) is 0 Å². The van der Waals surface area contributed by atoms with Gasteiger partial charge in [0.2, 0.25) is 0 Å². The Labute approximate surface area is 123 Å². The third-order valence-electron chi connectivity index (χ3n) is 2.88. The zero-order chi connectivity index (χ0) is 15.2. The molecule has 0 radical (unpaired) electrons. The predicted octanol–water partition coefficient (Wildman–Crippen LogP) is 2.51. The molecule has 0 fully saturated rings. The second-order valence-corrected chi connectivity index (χ2v) is 4.37. The molecule has 0 bridgehead atoms. The highest BCUT2D eigenvalue weighted by Gasteiger charge is 2.07. The first-order valence-electron chi connectivity index (χ1n) is 6.30. The van der Waals surface area contributed by atoms with Crippen LogP contribution < -0.4 is 11.1 Å². The predicted molar refractivity (Wildman–Crippen MR) is 82.2 cm³/mol. The number of anilines is 3. The average Bonchev–Trinajstić information content (AvgIpc) is 2.50. The first kappa shape index (κ1) is 14.4. The number of pyridine rings is 1. The van der Waals surface area contributed by atoms with Crippen LogP contribution in [0.25, 0.3) is 0 Å². The average molecular weight is 281 g/mol. The summed E-state index contributed by atoms with van der Waals surface area (Å²) in [7, 11) is 0. The highest BCUT2D eigenvalue weighted by atomic mass is 16.5. The van der Waals surface area contributed by atoms with Crippen molar-refractivity contribution < 1.29 is 9.53 Å². The standard InChI is InChI=1S/C16H15N3O2/c1-3-10-21-16(20)12-4-6-13(7-5-12)19-15-14(17)11(2)8-9-18-15/h1,4-9H,10,17H2,2H3,(H,18,19). The Bertz CT molecular complexity index is 688. The third-order valence-corrected chi connectivity index (χ3v) is 2.88. The molecule has 0 amide bonds. The summed E-state index contributed by atoms with van der Waals surface area (Å²) >= 11 is 0. The fourth-order valence-electron chi connectivity index (χ4n) is 1.69. The largest absolute Gasteiger partial charge is 0.449 e. The second kappa shape index (κ2) is 6.44. The van der Waals surface area contributed by atoms with E-state index in [1.54, 1.807) is 30.5 Å². The van der Waals surface area contributed by atoms with Crippen LogP contribution in [0, 0.1) is 19.3 Å². The van der Waals surface area contributed by atoms with Crippen molar-refractivity contribution in [2.24, 2.45) is 0 Å². The van der Waals surface area contributed by atoms with E-state index < -0.39 is 5.97 Å². The number of rotatable bonds is 4. The maximum atomic E-state index is 11.6. The van der Waals surface area contributed by atoms with Gasteiger partial charge in [0.1, 0.15) is 0 Å². The molecule has 0 unspecified atom stereocenters. The summed E-state index contributed by atoms with van der Waals surface area (Å²) < 4.78 is 4.84. The summed E-state index contributed by atoms with van der Waals surface area (Å²) in [6, 6.07) is 8.62. The van der Waals surface area contributed by atoms with Crippen molar-refractivity contribution in [1.29, 1.82) is 0 Å². The highest BCUT2D eigenvalue weighted by Crippen LogP contribution is 2.23. The number of benzene rings is 1. The van der Waals surface area contributed by atoms with Crippen molar-refractivity contribution >= 4 is 23.2 Å². The smallest absolute Gasteiger partial charge is 0.339 e.